The summed E-state index contributed by atoms with van der Waals surface area (Å²) in [7, 11) is 0. The smallest absolute Gasteiger partial charge is 0.293 e. The third kappa shape index (κ3) is 3.33. The van der Waals surface area contributed by atoms with Crippen LogP contribution >= 0.6 is 31.9 Å². The first-order chi connectivity index (χ1) is 8.97. The van der Waals surface area contributed by atoms with Gasteiger partial charge >= 0.3 is 0 Å². The molecule has 0 fully saturated rings. The van der Waals surface area contributed by atoms with Gasteiger partial charge in [-0.1, -0.05) is 15.9 Å². The minimum atomic E-state index is -0.549. The Kier molecular flexibility index (Phi) is 4.21. The van der Waals surface area contributed by atoms with E-state index in [1.807, 2.05) is 18.2 Å². The zero-order valence-corrected chi connectivity index (χ0v) is 13.0. The van der Waals surface area contributed by atoms with Gasteiger partial charge in [-0.2, -0.15) is 0 Å². The summed E-state index contributed by atoms with van der Waals surface area (Å²) in [6.07, 6.45) is 0. The van der Waals surface area contributed by atoms with E-state index in [1.165, 1.54) is 13.0 Å². The molecular formula is C13H9Br2NO3. The van der Waals surface area contributed by atoms with Crippen LogP contribution in [0.2, 0.25) is 0 Å². The number of hydrogen-bond donors (Lipinski definition) is 1. The van der Waals surface area contributed by atoms with Crippen molar-refractivity contribution < 1.29 is 14.0 Å². The molecule has 0 aliphatic carbocycles. The maximum atomic E-state index is 11.6. The Hall–Kier alpha value is -1.40. The fourth-order valence-electron chi connectivity index (χ4n) is 1.52. The number of amides is 2. The highest BCUT2D eigenvalue weighted by Gasteiger charge is 2.14. The van der Waals surface area contributed by atoms with Crippen molar-refractivity contribution in [2.75, 3.05) is 0 Å². The van der Waals surface area contributed by atoms with Gasteiger partial charge in [-0.05, 0) is 46.3 Å². The Labute approximate surface area is 126 Å². The van der Waals surface area contributed by atoms with E-state index in [2.05, 4.69) is 37.2 Å². The number of carbonyl (C=O) groups is 2. The highest BCUT2D eigenvalue weighted by atomic mass is 79.9. The minimum Gasteiger partial charge on any atom is -0.451 e. The predicted octanol–water partition coefficient (Wildman–Crippen LogP) is 3.75. The zero-order valence-electron chi connectivity index (χ0n) is 9.87. The Morgan fingerprint density at radius 3 is 2.53 bits per heavy atom. The molecule has 2 amide bonds. The van der Waals surface area contributed by atoms with Crippen LogP contribution in [0.4, 0.5) is 0 Å². The first-order valence-corrected chi connectivity index (χ1v) is 6.93. The highest BCUT2D eigenvalue weighted by Crippen LogP contribution is 2.31. The number of hydrogen-bond acceptors (Lipinski definition) is 3. The van der Waals surface area contributed by atoms with Gasteiger partial charge in [0.2, 0.25) is 5.91 Å². The number of benzene rings is 1. The second kappa shape index (κ2) is 5.71. The molecule has 0 atom stereocenters. The molecule has 0 radical (unpaired) electrons. The SMILES string of the molecule is CC(=O)NC(=O)c1ccc(-c2ccc(Br)cc2Br)o1. The number of imide groups is 1. The molecule has 6 heteroatoms. The van der Waals surface area contributed by atoms with Gasteiger partial charge in [-0.3, -0.25) is 14.9 Å². The van der Waals surface area contributed by atoms with Crippen LogP contribution in [-0.2, 0) is 4.79 Å². The Bertz CT molecular complexity index is 649. The largest absolute Gasteiger partial charge is 0.451 e. The van der Waals surface area contributed by atoms with Crippen LogP contribution < -0.4 is 5.32 Å². The van der Waals surface area contributed by atoms with Crippen molar-refractivity contribution in [1.29, 1.82) is 0 Å². The molecule has 2 aromatic rings. The van der Waals surface area contributed by atoms with E-state index in [9.17, 15) is 9.59 Å². The second-order valence-corrected chi connectivity index (χ2v) is 5.57. The number of furan rings is 1. The van der Waals surface area contributed by atoms with Gasteiger partial charge in [0.25, 0.3) is 5.91 Å². The summed E-state index contributed by atoms with van der Waals surface area (Å²) in [5, 5.41) is 2.16. The van der Waals surface area contributed by atoms with Crippen LogP contribution in [0.25, 0.3) is 11.3 Å². The summed E-state index contributed by atoms with van der Waals surface area (Å²) in [6.45, 7) is 1.27. The quantitative estimate of drug-likeness (QED) is 0.854. The summed E-state index contributed by atoms with van der Waals surface area (Å²) < 4.78 is 7.22. The molecule has 4 nitrogen and oxygen atoms in total. The van der Waals surface area contributed by atoms with Gasteiger partial charge in [0, 0.05) is 21.4 Å². The zero-order chi connectivity index (χ0) is 14.0. The molecule has 0 aliphatic rings. The summed E-state index contributed by atoms with van der Waals surface area (Å²) in [4.78, 5) is 22.4. The fraction of sp³-hybridized carbons (Fsp3) is 0.0769. The minimum absolute atomic E-state index is 0.0972. The van der Waals surface area contributed by atoms with Crippen LogP contribution in [-0.4, -0.2) is 11.8 Å². The maximum absolute atomic E-state index is 11.6. The van der Waals surface area contributed by atoms with Gasteiger partial charge in [-0.25, -0.2) is 0 Å². The number of nitrogens with one attached hydrogen (secondary N) is 1. The van der Waals surface area contributed by atoms with Crippen molar-refractivity contribution in [3.63, 3.8) is 0 Å². The van der Waals surface area contributed by atoms with E-state index in [-0.39, 0.29) is 5.76 Å². The molecule has 0 bridgehead atoms. The van der Waals surface area contributed by atoms with Crippen molar-refractivity contribution >= 4 is 43.7 Å². The van der Waals surface area contributed by atoms with Gasteiger partial charge < -0.3 is 4.42 Å². The Morgan fingerprint density at radius 1 is 1.16 bits per heavy atom. The molecular weight excluding hydrogens is 378 g/mol. The summed E-state index contributed by atoms with van der Waals surface area (Å²) in [5.74, 6) is -0.326. The Morgan fingerprint density at radius 2 is 1.89 bits per heavy atom. The number of halogens is 2. The second-order valence-electron chi connectivity index (χ2n) is 3.80. The molecule has 98 valence electrons. The van der Waals surface area contributed by atoms with E-state index in [0.29, 0.717) is 5.76 Å². The fourth-order valence-corrected chi connectivity index (χ4v) is 2.76. The van der Waals surface area contributed by atoms with Gasteiger partial charge in [0.15, 0.2) is 5.76 Å². The van der Waals surface area contributed by atoms with E-state index in [4.69, 9.17) is 4.42 Å². The normalized spacial score (nSPS) is 10.3. The van der Waals surface area contributed by atoms with Crippen molar-refractivity contribution in [3.8, 4) is 11.3 Å². The third-order valence-electron chi connectivity index (χ3n) is 2.32. The topological polar surface area (TPSA) is 59.3 Å². The van der Waals surface area contributed by atoms with Crippen molar-refractivity contribution in [3.05, 3.63) is 45.0 Å². The van der Waals surface area contributed by atoms with E-state index in [0.717, 1.165) is 14.5 Å². The highest BCUT2D eigenvalue weighted by molar-refractivity contribution is 9.11. The maximum Gasteiger partial charge on any atom is 0.293 e. The van der Waals surface area contributed by atoms with Crippen LogP contribution in [0.15, 0.2) is 43.7 Å². The van der Waals surface area contributed by atoms with Crippen LogP contribution in [0.3, 0.4) is 0 Å². The monoisotopic (exact) mass is 385 g/mol. The standard InChI is InChI=1S/C13H9Br2NO3/c1-7(17)16-13(18)12-5-4-11(19-12)9-3-2-8(14)6-10(9)15/h2-6H,1H3,(H,16,17,18). The third-order valence-corrected chi connectivity index (χ3v) is 3.47. The molecule has 19 heavy (non-hydrogen) atoms. The lowest BCUT2D eigenvalue weighted by Crippen LogP contribution is -2.27. The van der Waals surface area contributed by atoms with E-state index in [1.54, 1.807) is 6.07 Å². The molecule has 1 aromatic carbocycles. The van der Waals surface area contributed by atoms with Crippen molar-refractivity contribution in [2.24, 2.45) is 0 Å². The lowest BCUT2D eigenvalue weighted by Gasteiger charge is -2.02. The lowest BCUT2D eigenvalue weighted by atomic mass is 10.2. The van der Waals surface area contributed by atoms with Crippen LogP contribution in [0.5, 0.6) is 0 Å². The van der Waals surface area contributed by atoms with E-state index < -0.39 is 11.8 Å². The molecule has 1 heterocycles. The van der Waals surface area contributed by atoms with Crippen LogP contribution in [0.1, 0.15) is 17.5 Å². The average molecular weight is 387 g/mol. The summed E-state index contributed by atoms with van der Waals surface area (Å²) in [5.41, 5.74) is 0.824. The van der Waals surface area contributed by atoms with Gasteiger partial charge in [0.1, 0.15) is 5.76 Å². The first kappa shape index (κ1) is 14.0. The lowest BCUT2D eigenvalue weighted by molar-refractivity contribution is -0.118. The average Bonchev–Trinajstić information content (AvgIpc) is 2.77. The molecule has 2 rings (SSSR count). The molecule has 0 spiro atoms. The van der Waals surface area contributed by atoms with Crippen molar-refractivity contribution in [1.82, 2.24) is 5.32 Å². The summed E-state index contributed by atoms with van der Waals surface area (Å²) in [6, 6.07) is 8.83. The summed E-state index contributed by atoms with van der Waals surface area (Å²) >= 11 is 6.79. The van der Waals surface area contributed by atoms with Gasteiger partial charge in [-0.15, -0.1) is 0 Å². The van der Waals surface area contributed by atoms with E-state index >= 15 is 0 Å². The molecule has 0 unspecified atom stereocenters. The predicted molar refractivity (Wildman–Crippen MR) is 77.7 cm³/mol. The molecule has 1 N–H and O–H groups in total. The molecule has 0 saturated heterocycles. The van der Waals surface area contributed by atoms with Gasteiger partial charge in [0.05, 0.1) is 0 Å². The number of rotatable bonds is 2. The van der Waals surface area contributed by atoms with Crippen molar-refractivity contribution in [2.45, 2.75) is 6.92 Å². The molecule has 1 aromatic heterocycles. The molecule has 0 saturated carbocycles. The first-order valence-electron chi connectivity index (χ1n) is 5.34. The Balaban J connectivity index is 2.30. The number of carbonyl (C=O) groups excluding carboxylic acids is 2. The molecule has 0 aliphatic heterocycles. The van der Waals surface area contributed by atoms with Crippen LogP contribution in [0, 0.1) is 0 Å².